The lowest BCUT2D eigenvalue weighted by atomic mass is 10.3. The summed E-state index contributed by atoms with van der Waals surface area (Å²) in [6, 6.07) is 1.84. The van der Waals surface area contributed by atoms with Crippen LogP contribution in [0.4, 0.5) is 5.82 Å². The van der Waals surface area contributed by atoms with Crippen molar-refractivity contribution in [2.45, 2.75) is 13.0 Å². The predicted molar refractivity (Wildman–Crippen MR) is 53.7 cm³/mol. The molecule has 1 atom stereocenters. The zero-order chi connectivity index (χ0) is 10.1. The highest BCUT2D eigenvalue weighted by Crippen LogP contribution is 2.17. The van der Waals surface area contributed by atoms with Gasteiger partial charge in [0.05, 0.1) is 6.20 Å². The first-order chi connectivity index (χ1) is 6.70. The Kier molecular flexibility index (Phi) is 1.99. The number of aromatic nitrogens is 4. The smallest absolute Gasteiger partial charge is 0.133 e. The van der Waals surface area contributed by atoms with Crippen LogP contribution in [0.25, 0.3) is 0 Å². The fraction of sp³-hybridized carbons (Fsp3) is 0.333. The average molecular weight is 191 g/mol. The fourth-order valence-corrected chi connectivity index (χ4v) is 1.54. The van der Waals surface area contributed by atoms with Gasteiger partial charge in [0, 0.05) is 19.4 Å². The highest BCUT2D eigenvalue weighted by molar-refractivity contribution is 5.27. The van der Waals surface area contributed by atoms with Crippen molar-refractivity contribution in [2.75, 3.05) is 5.73 Å². The summed E-state index contributed by atoms with van der Waals surface area (Å²) in [6.45, 7) is 2.02. The Morgan fingerprint density at radius 1 is 1.43 bits per heavy atom. The lowest BCUT2D eigenvalue weighted by Crippen LogP contribution is -2.15. The minimum atomic E-state index is 0.0602. The summed E-state index contributed by atoms with van der Waals surface area (Å²) in [4.78, 5) is 4.26. The third-order valence-corrected chi connectivity index (χ3v) is 2.30. The molecule has 74 valence electrons. The first-order valence-electron chi connectivity index (χ1n) is 4.46. The van der Waals surface area contributed by atoms with Crippen LogP contribution >= 0.6 is 0 Å². The lowest BCUT2D eigenvalue weighted by molar-refractivity contribution is 0.527. The molecule has 0 aromatic carbocycles. The topological polar surface area (TPSA) is 61.7 Å². The summed E-state index contributed by atoms with van der Waals surface area (Å²) >= 11 is 0. The first kappa shape index (κ1) is 8.80. The Morgan fingerprint density at radius 3 is 2.71 bits per heavy atom. The van der Waals surface area contributed by atoms with Crippen LogP contribution in [0.2, 0.25) is 0 Å². The third-order valence-electron chi connectivity index (χ3n) is 2.30. The number of nitrogens with two attached hydrogens (primary N) is 1. The van der Waals surface area contributed by atoms with Crippen molar-refractivity contribution in [2.24, 2.45) is 7.05 Å². The van der Waals surface area contributed by atoms with Gasteiger partial charge in [-0.15, -0.1) is 0 Å². The number of imidazole rings is 1. The van der Waals surface area contributed by atoms with E-state index in [0.29, 0.717) is 5.82 Å². The number of rotatable bonds is 2. The van der Waals surface area contributed by atoms with Crippen molar-refractivity contribution in [1.29, 1.82) is 0 Å². The Morgan fingerprint density at radius 2 is 2.21 bits per heavy atom. The molecule has 0 spiro atoms. The van der Waals surface area contributed by atoms with Crippen molar-refractivity contribution < 1.29 is 0 Å². The van der Waals surface area contributed by atoms with Crippen LogP contribution in [-0.4, -0.2) is 19.3 Å². The van der Waals surface area contributed by atoms with Gasteiger partial charge < -0.3 is 10.3 Å². The first-order valence-corrected chi connectivity index (χ1v) is 4.46. The summed E-state index contributed by atoms with van der Waals surface area (Å²) in [5, 5.41) is 4.15. The molecule has 1 unspecified atom stereocenters. The molecule has 5 nitrogen and oxygen atoms in total. The molecule has 0 aliphatic rings. The molecule has 14 heavy (non-hydrogen) atoms. The quantitative estimate of drug-likeness (QED) is 0.764. The van der Waals surface area contributed by atoms with E-state index in [9.17, 15) is 0 Å². The predicted octanol–water partition coefficient (Wildman–Crippen LogP) is 0.808. The van der Waals surface area contributed by atoms with Gasteiger partial charge in [0.15, 0.2) is 0 Å². The number of anilines is 1. The van der Waals surface area contributed by atoms with E-state index in [1.165, 1.54) is 0 Å². The second-order valence-corrected chi connectivity index (χ2v) is 3.27. The molecule has 0 radical (unpaired) electrons. The molecule has 2 aromatic rings. The van der Waals surface area contributed by atoms with Gasteiger partial charge in [-0.2, -0.15) is 5.10 Å². The summed E-state index contributed by atoms with van der Waals surface area (Å²) in [5.74, 6) is 1.60. The molecular formula is C9H13N5. The number of hydrogen-bond donors (Lipinski definition) is 1. The average Bonchev–Trinajstić information content (AvgIpc) is 2.73. The standard InChI is InChI=1S/C9H13N5/c1-7(9-11-5-6-13(9)2)14-8(10)3-4-12-14/h3-7H,10H2,1-2H3. The molecule has 0 saturated heterocycles. The molecule has 0 amide bonds. The summed E-state index contributed by atoms with van der Waals surface area (Å²) in [6.07, 6.45) is 5.37. The monoisotopic (exact) mass is 191 g/mol. The highest BCUT2D eigenvalue weighted by atomic mass is 15.3. The second-order valence-electron chi connectivity index (χ2n) is 3.27. The van der Waals surface area contributed by atoms with Gasteiger partial charge in [0.25, 0.3) is 0 Å². The van der Waals surface area contributed by atoms with Gasteiger partial charge in [0.2, 0.25) is 0 Å². The molecule has 5 heteroatoms. The fourth-order valence-electron chi connectivity index (χ4n) is 1.54. The molecule has 0 aliphatic heterocycles. The van der Waals surface area contributed by atoms with Gasteiger partial charge in [-0.1, -0.05) is 0 Å². The number of hydrogen-bond acceptors (Lipinski definition) is 3. The van der Waals surface area contributed by atoms with E-state index in [-0.39, 0.29) is 6.04 Å². The molecule has 0 aliphatic carbocycles. The van der Waals surface area contributed by atoms with Crippen LogP contribution in [0.15, 0.2) is 24.7 Å². The molecule has 0 bridgehead atoms. The van der Waals surface area contributed by atoms with Gasteiger partial charge in [-0.25, -0.2) is 9.67 Å². The third kappa shape index (κ3) is 1.26. The zero-order valence-electron chi connectivity index (χ0n) is 8.25. The van der Waals surface area contributed by atoms with E-state index in [1.54, 1.807) is 23.1 Å². The minimum absolute atomic E-state index is 0.0602. The molecule has 2 heterocycles. The number of aryl methyl sites for hydroxylation is 1. The van der Waals surface area contributed by atoms with Gasteiger partial charge in [-0.05, 0) is 13.0 Å². The van der Waals surface area contributed by atoms with Crippen LogP contribution in [0.1, 0.15) is 18.8 Å². The largest absolute Gasteiger partial charge is 0.384 e. The summed E-state index contributed by atoms with van der Waals surface area (Å²) in [7, 11) is 1.96. The van der Waals surface area contributed by atoms with E-state index in [1.807, 2.05) is 24.7 Å². The Balaban J connectivity index is 2.38. The maximum absolute atomic E-state index is 5.76. The van der Waals surface area contributed by atoms with Crippen molar-refractivity contribution in [3.63, 3.8) is 0 Å². The summed E-state index contributed by atoms with van der Waals surface area (Å²) in [5.41, 5.74) is 5.76. The van der Waals surface area contributed by atoms with E-state index < -0.39 is 0 Å². The number of nitrogen functional groups attached to an aromatic ring is 1. The van der Waals surface area contributed by atoms with E-state index in [0.717, 1.165) is 5.82 Å². The molecule has 2 rings (SSSR count). The normalized spacial score (nSPS) is 13.0. The van der Waals surface area contributed by atoms with E-state index in [4.69, 9.17) is 5.73 Å². The highest BCUT2D eigenvalue weighted by Gasteiger charge is 2.14. The van der Waals surface area contributed by atoms with E-state index >= 15 is 0 Å². The Hall–Kier alpha value is -1.78. The SMILES string of the molecule is CC(c1nccn1C)n1nccc1N. The van der Waals surface area contributed by atoms with Gasteiger partial charge >= 0.3 is 0 Å². The minimum Gasteiger partial charge on any atom is -0.384 e. The molecule has 2 N–H and O–H groups in total. The van der Waals surface area contributed by atoms with Crippen molar-refractivity contribution in [3.8, 4) is 0 Å². The van der Waals surface area contributed by atoms with E-state index in [2.05, 4.69) is 10.1 Å². The Bertz CT molecular complexity index is 388. The van der Waals surface area contributed by atoms with Crippen molar-refractivity contribution in [1.82, 2.24) is 19.3 Å². The van der Waals surface area contributed by atoms with Crippen LogP contribution in [0.5, 0.6) is 0 Å². The Labute approximate surface area is 82.2 Å². The van der Waals surface area contributed by atoms with Crippen molar-refractivity contribution >= 4 is 5.82 Å². The van der Waals surface area contributed by atoms with Gasteiger partial charge in [0.1, 0.15) is 17.7 Å². The van der Waals surface area contributed by atoms with Crippen LogP contribution in [-0.2, 0) is 7.05 Å². The van der Waals surface area contributed by atoms with Gasteiger partial charge in [-0.3, -0.25) is 0 Å². The van der Waals surface area contributed by atoms with Crippen molar-refractivity contribution in [3.05, 3.63) is 30.5 Å². The maximum atomic E-state index is 5.76. The van der Waals surface area contributed by atoms with Crippen LogP contribution in [0.3, 0.4) is 0 Å². The molecule has 2 aromatic heterocycles. The molecule has 0 saturated carbocycles. The zero-order valence-corrected chi connectivity index (χ0v) is 8.25. The lowest BCUT2D eigenvalue weighted by Gasteiger charge is -2.13. The maximum Gasteiger partial charge on any atom is 0.133 e. The van der Waals surface area contributed by atoms with Crippen LogP contribution < -0.4 is 5.73 Å². The molecular weight excluding hydrogens is 178 g/mol. The second kappa shape index (κ2) is 3.17. The molecule has 0 fully saturated rings. The summed E-state index contributed by atoms with van der Waals surface area (Å²) < 4.78 is 3.72. The number of nitrogens with zero attached hydrogens (tertiary/aromatic N) is 4. The van der Waals surface area contributed by atoms with Crippen LogP contribution in [0, 0.1) is 0 Å².